The Balaban J connectivity index is 1.20. The molecule has 230 valence electrons. The molecule has 1 N–H and O–H groups in total. The number of hydrogen-bond donors (Lipinski definition) is 1. The number of benzene rings is 4. The Morgan fingerprint density at radius 1 is 0.778 bits per heavy atom. The Kier molecular flexibility index (Phi) is 9.70. The molecule has 2 aliphatic rings. The Labute approximate surface area is 260 Å². The zero-order chi connectivity index (χ0) is 31.0. The average molecular weight is 608 g/mol. The number of ether oxygens (including phenoxy) is 5. The first-order valence-corrected chi connectivity index (χ1v) is 14.8. The van der Waals surface area contributed by atoms with Gasteiger partial charge in [-0.3, -0.25) is 0 Å². The zero-order valence-corrected chi connectivity index (χ0v) is 24.4. The summed E-state index contributed by atoms with van der Waals surface area (Å²) in [6, 6.07) is 33.8. The summed E-state index contributed by atoms with van der Waals surface area (Å²) < 4.78 is 29.5. The summed E-state index contributed by atoms with van der Waals surface area (Å²) in [5.74, 6) is -0.166. The van der Waals surface area contributed by atoms with E-state index in [1.54, 1.807) is 0 Å². The molecule has 0 radical (unpaired) electrons. The molecule has 1 heterocycles. The molecule has 1 saturated heterocycles. The van der Waals surface area contributed by atoms with Crippen LogP contribution in [0.5, 0.6) is 0 Å². The fourth-order valence-electron chi connectivity index (χ4n) is 5.93. The van der Waals surface area contributed by atoms with Gasteiger partial charge in [-0.2, -0.15) is 0 Å². The van der Waals surface area contributed by atoms with Gasteiger partial charge in [-0.15, -0.1) is 0 Å². The standard InChI is InChI=1S/C35H33N3O7/c36-38-37-31-33(42-20-24-13-5-2-6-14-24)32(30(44-34(31)39)22-41-19-23-11-3-1-4-12-23)45-35(40)43-21-29-27-17-9-7-15-25(27)26-16-8-10-18-28(26)29/h1-18,29-34,39H,19-22H2/t30-,31-,32-,33-,34-/m1/s1. The van der Waals surface area contributed by atoms with Crippen LogP contribution in [0.25, 0.3) is 21.6 Å². The van der Waals surface area contributed by atoms with Crippen molar-refractivity contribution in [3.8, 4) is 11.1 Å². The number of carbonyl (C=O) groups excluding carboxylic acids is 1. The summed E-state index contributed by atoms with van der Waals surface area (Å²) in [5.41, 5.74) is 15.4. The second kappa shape index (κ2) is 14.4. The molecule has 4 aromatic rings. The first-order chi connectivity index (χ1) is 22.1. The molecule has 1 fully saturated rings. The van der Waals surface area contributed by atoms with Crippen LogP contribution in [-0.4, -0.2) is 55.1 Å². The topological polar surface area (TPSA) is 132 Å². The van der Waals surface area contributed by atoms with Gasteiger partial charge in [0, 0.05) is 10.8 Å². The van der Waals surface area contributed by atoms with Crippen molar-refractivity contribution >= 4 is 6.16 Å². The molecule has 10 heteroatoms. The largest absolute Gasteiger partial charge is 0.508 e. The highest BCUT2D eigenvalue weighted by Gasteiger charge is 2.48. The van der Waals surface area contributed by atoms with E-state index in [0.29, 0.717) is 0 Å². The van der Waals surface area contributed by atoms with Gasteiger partial charge in [0.15, 0.2) is 12.4 Å². The van der Waals surface area contributed by atoms with Crippen LogP contribution in [0.3, 0.4) is 0 Å². The maximum atomic E-state index is 13.3. The lowest BCUT2D eigenvalue weighted by molar-refractivity contribution is -0.263. The molecule has 4 aromatic carbocycles. The van der Waals surface area contributed by atoms with Crippen molar-refractivity contribution in [2.45, 2.75) is 49.8 Å². The summed E-state index contributed by atoms with van der Waals surface area (Å²) >= 11 is 0. The Bertz CT molecular complexity index is 1590. The van der Waals surface area contributed by atoms with Crippen LogP contribution in [0.4, 0.5) is 4.79 Å². The van der Waals surface area contributed by atoms with E-state index < -0.39 is 36.8 Å². The maximum absolute atomic E-state index is 13.3. The Morgan fingerprint density at radius 2 is 1.36 bits per heavy atom. The van der Waals surface area contributed by atoms with Crippen molar-refractivity contribution in [3.63, 3.8) is 0 Å². The van der Waals surface area contributed by atoms with Crippen LogP contribution in [0.15, 0.2) is 114 Å². The van der Waals surface area contributed by atoms with E-state index in [0.717, 1.165) is 33.4 Å². The van der Waals surface area contributed by atoms with Gasteiger partial charge in [-0.1, -0.05) is 114 Å². The van der Waals surface area contributed by atoms with E-state index in [9.17, 15) is 15.4 Å². The van der Waals surface area contributed by atoms with Gasteiger partial charge < -0.3 is 28.8 Å². The predicted octanol–water partition coefficient (Wildman–Crippen LogP) is 6.52. The fraction of sp³-hybridized carbons (Fsp3) is 0.286. The summed E-state index contributed by atoms with van der Waals surface area (Å²) in [5, 5.41) is 14.6. The minimum atomic E-state index is -1.52. The molecule has 0 saturated carbocycles. The van der Waals surface area contributed by atoms with E-state index in [4.69, 9.17) is 23.7 Å². The van der Waals surface area contributed by atoms with Crippen LogP contribution in [0.2, 0.25) is 0 Å². The lowest BCUT2D eigenvalue weighted by atomic mass is 9.97. The fourth-order valence-corrected chi connectivity index (χ4v) is 5.93. The molecule has 0 amide bonds. The van der Waals surface area contributed by atoms with Crippen LogP contribution >= 0.6 is 0 Å². The van der Waals surface area contributed by atoms with Gasteiger partial charge in [-0.25, -0.2) is 4.79 Å². The second-order valence-corrected chi connectivity index (χ2v) is 10.9. The SMILES string of the molecule is [N-]=[N+]=N[C@@H]1[C@@H](OCc2ccccc2)[C@H](OC(=O)OCC2c3ccccc3-c3ccccc32)[C@@H](COCc2ccccc2)O[C@H]1O. The van der Waals surface area contributed by atoms with E-state index >= 15 is 0 Å². The number of azide groups is 1. The van der Waals surface area contributed by atoms with Crippen molar-refractivity contribution in [1.29, 1.82) is 0 Å². The Morgan fingerprint density at radius 3 is 1.98 bits per heavy atom. The van der Waals surface area contributed by atoms with Crippen LogP contribution in [0.1, 0.15) is 28.2 Å². The summed E-state index contributed by atoms with van der Waals surface area (Å²) in [4.78, 5) is 16.2. The van der Waals surface area contributed by atoms with Gasteiger partial charge in [0.25, 0.3) is 0 Å². The molecule has 0 spiro atoms. The lowest BCUT2D eigenvalue weighted by Gasteiger charge is -2.42. The van der Waals surface area contributed by atoms with Gasteiger partial charge >= 0.3 is 6.16 Å². The average Bonchev–Trinajstić information content (AvgIpc) is 3.40. The highest BCUT2D eigenvalue weighted by atomic mass is 16.7. The molecular weight excluding hydrogens is 574 g/mol. The van der Waals surface area contributed by atoms with Crippen LogP contribution in [-0.2, 0) is 36.9 Å². The molecule has 0 bridgehead atoms. The van der Waals surface area contributed by atoms with Crippen molar-refractivity contribution in [2.24, 2.45) is 5.11 Å². The first-order valence-electron chi connectivity index (χ1n) is 14.8. The molecule has 0 aromatic heterocycles. The highest BCUT2D eigenvalue weighted by molar-refractivity contribution is 5.79. The molecular formula is C35H33N3O7. The van der Waals surface area contributed by atoms with Crippen molar-refractivity contribution in [1.82, 2.24) is 0 Å². The quantitative estimate of drug-likeness (QED) is 0.0889. The minimum Gasteiger partial charge on any atom is -0.433 e. The van der Waals surface area contributed by atoms with E-state index in [-0.39, 0.29) is 32.3 Å². The predicted molar refractivity (Wildman–Crippen MR) is 165 cm³/mol. The molecule has 1 aliphatic carbocycles. The van der Waals surface area contributed by atoms with Crippen molar-refractivity contribution in [2.75, 3.05) is 13.2 Å². The minimum absolute atomic E-state index is 0.0402. The third-order valence-electron chi connectivity index (χ3n) is 8.06. The number of nitrogens with zero attached hydrogens (tertiary/aromatic N) is 3. The maximum Gasteiger partial charge on any atom is 0.508 e. The smallest absolute Gasteiger partial charge is 0.433 e. The van der Waals surface area contributed by atoms with E-state index in [2.05, 4.69) is 22.2 Å². The number of aliphatic hydroxyl groups is 1. The van der Waals surface area contributed by atoms with Crippen LogP contribution in [0, 0.1) is 0 Å². The summed E-state index contributed by atoms with van der Waals surface area (Å²) in [7, 11) is 0. The third-order valence-corrected chi connectivity index (χ3v) is 8.06. The molecule has 5 atom stereocenters. The number of aliphatic hydroxyl groups excluding tert-OH is 1. The molecule has 0 unspecified atom stereocenters. The van der Waals surface area contributed by atoms with E-state index in [1.165, 1.54) is 0 Å². The molecule has 45 heavy (non-hydrogen) atoms. The molecule has 1 aliphatic heterocycles. The van der Waals surface area contributed by atoms with E-state index in [1.807, 2.05) is 97.1 Å². The Hall–Kier alpha value is -4.70. The highest BCUT2D eigenvalue weighted by Crippen LogP contribution is 2.44. The summed E-state index contributed by atoms with van der Waals surface area (Å²) in [6.07, 6.45) is -5.60. The van der Waals surface area contributed by atoms with Crippen molar-refractivity contribution in [3.05, 3.63) is 142 Å². The number of fused-ring (bicyclic) bond motifs is 3. The lowest BCUT2D eigenvalue weighted by Crippen LogP contribution is -2.60. The third kappa shape index (κ3) is 7.01. The normalized spacial score (nSPS) is 22.1. The molecule has 6 rings (SSSR count). The van der Waals surface area contributed by atoms with Gasteiger partial charge in [0.1, 0.15) is 24.9 Å². The number of hydrogen-bond acceptors (Lipinski definition) is 8. The first kappa shape index (κ1) is 30.3. The van der Waals surface area contributed by atoms with Gasteiger partial charge in [0.2, 0.25) is 0 Å². The monoisotopic (exact) mass is 607 g/mol. The van der Waals surface area contributed by atoms with Gasteiger partial charge in [-0.05, 0) is 38.9 Å². The number of rotatable bonds is 11. The zero-order valence-electron chi connectivity index (χ0n) is 24.4. The summed E-state index contributed by atoms with van der Waals surface area (Å²) in [6.45, 7) is 0.386. The molecule has 10 nitrogen and oxygen atoms in total. The second-order valence-electron chi connectivity index (χ2n) is 10.9. The van der Waals surface area contributed by atoms with Crippen molar-refractivity contribution < 1.29 is 33.6 Å². The van der Waals surface area contributed by atoms with Gasteiger partial charge in [0.05, 0.1) is 19.8 Å². The van der Waals surface area contributed by atoms with Crippen LogP contribution < -0.4 is 0 Å². The number of carbonyl (C=O) groups is 1.